The molecule has 6 nitrogen and oxygen atoms in total. The molecule has 2 heterocycles. The van der Waals surface area contributed by atoms with Gasteiger partial charge in [-0.2, -0.15) is 13.2 Å². The Labute approximate surface area is 228 Å². The molecule has 0 spiro atoms. The first-order valence-corrected chi connectivity index (χ1v) is 13.7. The fourth-order valence-corrected chi connectivity index (χ4v) is 5.32. The average Bonchev–Trinajstić information content (AvgIpc) is 3.31. The Morgan fingerprint density at radius 2 is 1.66 bits per heavy atom. The van der Waals surface area contributed by atoms with Gasteiger partial charge in [0.05, 0.1) is 17.8 Å². The number of halogens is 4. The van der Waals surface area contributed by atoms with E-state index in [1.54, 1.807) is 18.2 Å². The Morgan fingerprint density at radius 3 is 2.34 bits per heavy atom. The Bertz CT molecular complexity index is 1100. The molecular formula is C28H37ClF3N5O. The van der Waals surface area contributed by atoms with Gasteiger partial charge < -0.3 is 15.1 Å². The molecule has 0 unspecified atom stereocenters. The topological polar surface area (TPSA) is 42.1 Å². The molecule has 208 valence electrons. The highest BCUT2D eigenvalue weighted by Crippen LogP contribution is 2.32. The number of carbonyl (C=O) groups excluding carboxylic acids is 1. The zero-order valence-corrected chi connectivity index (χ0v) is 22.9. The number of nitrogens with zero attached hydrogens (tertiary/aromatic N) is 4. The fourth-order valence-electron chi connectivity index (χ4n) is 5.15. The van der Waals surface area contributed by atoms with Gasteiger partial charge in [-0.25, -0.2) is 0 Å². The second kappa shape index (κ2) is 12.7. The molecule has 0 atom stereocenters. The Hall–Kier alpha value is -2.33. The SMILES string of the molecule is CCN(CC)CCN1Cc2ccc(C(=O)Nc3ccc(Cl)cc3N3CCN(CCC(F)(F)F)CC3)cc2C1. The fraction of sp³-hybridized carbons (Fsp3) is 0.536. The van der Waals surface area contributed by atoms with E-state index >= 15 is 0 Å². The van der Waals surface area contributed by atoms with Gasteiger partial charge in [0.25, 0.3) is 5.91 Å². The maximum Gasteiger partial charge on any atom is 0.390 e. The molecule has 1 fully saturated rings. The van der Waals surface area contributed by atoms with Crippen molar-refractivity contribution in [2.45, 2.75) is 39.5 Å². The van der Waals surface area contributed by atoms with Crippen LogP contribution in [0.2, 0.25) is 5.02 Å². The van der Waals surface area contributed by atoms with Crippen molar-refractivity contribution in [3.63, 3.8) is 0 Å². The summed E-state index contributed by atoms with van der Waals surface area (Å²) >= 11 is 6.28. The highest BCUT2D eigenvalue weighted by atomic mass is 35.5. The van der Waals surface area contributed by atoms with E-state index in [4.69, 9.17) is 11.6 Å². The van der Waals surface area contributed by atoms with Gasteiger partial charge in [0.15, 0.2) is 0 Å². The minimum Gasteiger partial charge on any atom is -0.367 e. The standard InChI is InChI=1S/C28H37ClF3N5O/c1-3-34(4-2)11-12-36-19-22-6-5-21(17-23(22)20-36)27(38)33-25-8-7-24(29)18-26(25)37-15-13-35(14-16-37)10-9-28(30,31)32/h5-8,17-18H,3-4,9-16,19-20H2,1-2H3,(H,33,38). The van der Waals surface area contributed by atoms with Gasteiger partial charge in [0.1, 0.15) is 0 Å². The van der Waals surface area contributed by atoms with E-state index in [1.807, 2.05) is 23.1 Å². The number of piperazine rings is 1. The number of likely N-dealkylation sites (N-methyl/N-ethyl adjacent to an activating group) is 1. The second-order valence-corrected chi connectivity index (χ2v) is 10.5. The van der Waals surface area contributed by atoms with E-state index in [1.165, 1.54) is 11.1 Å². The van der Waals surface area contributed by atoms with Gasteiger partial charge in [-0.15, -0.1) is 0 Å². The third kappa shape index (κ3) is 7.62. The molecule has 2 aromatic rings. The monoisotopic (exact) mass is 551 g/mol. The van der Waals surface area contributed by atoms with Gasteiger partial charge in [-0.3, -0.25) is 14.6 Å². The molecule has 0 aromatic heterocycles. The summed E-state index contributed by atoms with van der Waals surface area (Å²) in [5, 5.41) is 3.58. The smallest absolute Gasteiger partial charge is 0.367 e. The van der Waals surface area contributed by atoms with E-state index in [9.17, 15) is 18.0 Å². The number of anilines is 2. The Kier molecular flexibility index (Phi) is 9.57. The van der Waals surface area contributed by atoms with Crippen molar-refractivity contribution >= 4 is 28.9 Å². The third-order valence-corrected chi connectivity index (χ3v) is 7.75. The van der Waals surface area contributed by atoms with E-state index in [0.29, 0.717) is 42.5 Å². The lowest BCUT2D eigenvalue weighted by molar-refractivity contribution is -0.138. The van der Waals surface area contributed by atoms with Crippen LogP contribution >= 0.6 is 11.6 Å². The lowest BCUT2D eigenvalue weighted by Gasteiger charge is -2.37. The number of carbonyl (C=O) groups is 1. The van der Waals surface area contributed by atoms with E-state index < -0.39 is 12.6 Å². The first-order chi connectivity index (χ1) is 18.1. The molecule has 0 radical (unpaired) electrons. The number of benzene rings is 2. The summed E-state index contributed by atoms with van der Waals surface area (Å²) < 4.78 is 37.8. The van der Waals surface area contributed by atoms with Crippen molar-refractivity contribution in [3.05, 3.63) is 58.1 Å². The number of fused-ring (bicyclic) bond motifs is 1. The number of hydrogen-bond donors (Lipinski definition) is 1. The van der Waals surface area contributed by atoms with Crippen LogP contribution in [0.15, 0.2) is 36.4 Å². The predicted molar refractivity (Wildman–Crippen MR) is 147 cm³/mol. The zero-order valence-electron chi connectivity index (χ0n) is 22.2. The van der Waals surface area contributed by atoms with Gasteiger partial charge in [0, 0.05) is 69.5 Å². The molecule has 2 aliphatic heterocycles. The highest BCUT2D eigenvalue weighted by Gasteiger charge is 2.29. The van der Waals surface area contributed by atoms with Crippen LogP contribution in [0.3, 0.4) is 0 Å². The Balaban J connectivity index is 1.38. The second-order valence-electron chi connectivity index (χ2n) is 10.0. The molecule has 1 amide bonds. The molecule has 0 aliphatic carbocycles. The lowest BCUT2D eigenvalue weighted by Crippen LogP contribution is -2.47. The first-order valence-electron chi connectivity index (χ1n) is 13.4. The number of nitrogens with one attached hydrogen (secondary N) is 1. The summed E-state index contributed by atoms with van der Waals surface area (Å²) in [4.78, 5) is 22.0. The van der Waals surface area contributed by atoms with Crippen LogP contribution in [-0.4, -0.2) is 85.7 Å². The van der Waals surface area contributed by atoms with E-state index in [2.05, 4.69) is 33.9 Å². The zero-order chi connectivity index (χ0) is 27.3. The minimum atomic E-state index is -4.15. The molecule has 0 saturated carbocycles. The van der Waals surface area contributed by atoms with Crippen molar-refractivity contribution in [3.8, 4) is 0 Å². The maximum atomic E-state index is 13.2. The molecule has 38 heavy (non-hydrogen) atoms. The van der Waals surface area contributed by atoms with Crippen molar-refractivity contribution < 1.29 is 18.0 Å². The summed E-state index contributed by atoms with van der Waals surface area (Å²) in [5.41, 5.74) is 4.47. The van der Waals surface area contributed by atoms with Crippen LogP contribution in [0.1, 0.15) is 41.8 Å². The number of hydrogen-bond acceptors (Lipinski definition) is 5. The maximum absolute atomic E-state index is 13.2. The van der Waals surface area contributed by atoms with Gasteiger partial charge in [-0.05, 0) is 54.5 Å². The van der Waals surface area contributed by atoms with Gasteiger partial charge >= 0.3 is 6.18 Å². The van der Waals surface area contributed by atoms with Crippen molar-refractivity contribution in [1.29, 1.82) is 0 Å². The lowest BCUT2D eigenvalue weighted by atomic mass is 10.1. The van der Waals surface area contributed by atoms with Crippen LogP contribution in [-0.2, 0) is 13.1 Å². The molecule has 10 heteroatoms. The number of alkyl halides is 3. The third-order valence-electron chi connectivity index (χ3n) is 7.52. The van der Waals surface area contributed by atoms with E-state index in [-0.39, 0.29) is 12.5 Å². The van der Waals surface area contributed by atoms with Gasteiger partial charge in [0.2, 0.25) is 0 Å². The number of rotatable bonds is 10. The molecule has 1 saturated heterocycles. The van der Waals surface area contributed by atoms with Crippen molar-refractivity contribution in [1.82, 2.24) is 14.7 Å². The first kappa shape index (κ1) is 28.7. The molecule has 2 aromatic carbocycles. The highest BCUT2D eigenvalue weighted by molar-refractivity contribution is 6.31. The molecule has 0 bridgehead atoms. The van der Waals surface area contributed by atoms with Crippen molar-refractivity contribution in [2.24, 2.45) is 0 Å². The van der Waals surface area contributed by atoms with Crippen LogP contribution in [0.5, 0.6) is 0 Å². The van der Waals surface area contributed by atoms with Crippen LogP contribution in [0, 0.1) is 0 Å². The van der Waals surface area contributed by atoms with Crippen LogP contribution < -0.4 is 10.2 Å². The van der Waals surface area contributed by atoms with E-state index in [0.717, 1.165) is 45.0 Å². The molecule has 4 rings (SSSR count). The van der Waals surface area contributed by atoms with Gasteiger partial charge in [-0.1, -0.05) is 31.5 Å². The molecular weight excluding hydrogens is 515 g/mol. The normalized spacial score (nSPS) is 16.8. The summed E-state index contributed by atoms with van der Waals surface area (Å²) in [6.45, 7) is 12.4. The minimum absolute atomic E-state index is 0.00169. The van der Waals surface area contributed by atoms with Crippen LogP contribution in [0.4, 0.5) is 24.5 Å². The predicted octanol–water partition coefficient (Wildman–Crippen LogP) is 5.32. The Morgan fingerprint density at radius 1 is 0.947 bits per heavy atom. The molecule has 1 N–H and O–H groups in total. The summed E-state index contributed by atoms with van der Waals surface area (Å²) in [5.74, 6) is -0.193. The molecule has 2 aliphatic rings. The largest absolute Gasteiger partial charge is 0.390 e. The summed E-state index contributed by atoms with van der Waals surface area (Å²) in [6, 6.07) is 11.2. The summed E-state index contributed by atoms with van der Waals surface area (Å²) in [7, 11) is 0. The van der Waals surface area contributed by atoms with Crippen LogP contribution in [0.25, 0.3) is 0 Å². The summed E-state index contributed by atoms with van der Waals surface area (Å²) in [6.07, 6.45) is -4.96. The quantitative estimate of drug-likeness (QED) is 0.433. The van der Waals surface area contributed by atoms with Crippen molar-refractivity contribution in [2.75, 3.05) is 69.1 Å². The average molecular weight is 552 g/mol. The number of amides is 1.